The molecule has 3 aromatic heterocycles. The molecule has 1 radical (unpaired) electrons. The van der Waals surface area contributed by atoms with Crippen molar-refractivity contribution in [2.45, 2.75) is 46.3 Å². The molecular formula is C35H34IrN2SSi-2. The van der Waals surface area contributed by atoms with Gasteiger partial charge >= 0.3 is 0 Å². The molecule has 3 heterocycles. The van der Waals surface area contributed by atoms with Gasteiger partial charge in [0.05, 0.1) is 8.07 Å². The van der Waals surface area contributed by atoms with Gasteiger partial charge in [-0.1, -0.05) is 81.3 Å². The SMILES string of the molecule is CC(C)c1ccc(-c2[c-]cccc2)nc1.[2H]C([2H])([2H])c1ccc(-c2[c-]ccc3c2sc2c([Si](C)(C)C)cccc23)nc1.[Ir]. The summed E-state index contributed by atoms with van der Waals surface area (Å²) in [7, 11) is -1.46. The second-order valence-electron chi connectivity index (χ2n) is 11.0. The van der Waals surface area contributed by atoms with Gasteiger partial charge in [0.2, 0.25) is 0 Å². The maximum Gasteiger partial charge on any atom is 0.0794 e. The van der Waals surface area contributed by atoms with Crippen molar-refractivity contribution in [1.82, 2.24) is 9.97 Å². The van der Waals surface area contributed by atoms with Crippen LogP contribution in [0.4, 0.5) is 0 Å². The smallest absolute Gasteiger partial charge is 0.0794 e. The van der Waals surface area contributed by atoms with Gasteiger partial charge in [-0.15, -0.1) is 59.7 Å². The first-order valence-electron chi connectivity index (χ1n) is 14.7. The zero-order chi connectivity index (χ0) is 30.1. The van der Waals surface area contributed by atoms with Gasteiger partial charge in [-0.05, 0) is 50.6 Å². The first-order chi connectivity index (χ1) is 19.9. The quantitative estimate of drug-likeness (QED) is 0.133. The number of fused-ring (bicyclic) bond motifs is 3. The van der Waals surface area contributed by atoms with Crippen molar-refractivity contribution in [3.05, 3.63) is 115 Å². The van der Waals surface area contributed by atoms with Crippen LogP contribution in [0.15, 0.2) is 91.3 Å². The van der Waals surface area contributed by atoms with Gasteiger partial charge < -0.3 is 9.97 Å². The maximum absolute atomic E-state index is 7.53. The molecule has 0 aliphatic heterocycles. The Bertz CT molecular complexity index is 1810. The Hall–Kier alpha value is -2.95. The van der Waals surface area contributed by atoms with E-state index in [0.717, 1.165) is 27.2 Å². The fourth-order valence-electron chi connectivity index (χ4n) is 4.54. The van der Waals surface area contributed by atoms with Crippen molar-refractivity contribution >= 4 is 44.8 Å². The molecule has 5 heteroatoms. The van der Waals surface area contributed by atoms with Crippen LogP contribution in [0.25, 0.3) is 42.7 Å². The van der Waals surface area contributed by atoms with E-state index in [1.165, 1.54) is 32.4 Å². The van der Waals surface area contributed by atoms with Gasteiger partial charge in [0.1, 0.15) is 0 Å². The monoisotopic (exact) mass is 738 g/mol. The van der Waals surface area contributed by atoms with Crippen LogP contribution in [0, 0.1) is 19.0 Å². The van der Waals surface area contributed by atoms with Gasteiger partial charge in [-0.2, -0.15) is 11.3 Å². The minimum Gasteiger partial charge on any atom is -0.304 e. The molecule has 6 rings (SSSR count). The Morgan fingerprint density at radius 3 is 2.17 bits per heavy atom. The minimum atomic E-state index is -2.13. The molecule has 0 bridgehead atoms. The predicted octanol–water partition coefficient (Wildman–Crippen LogP) is 9.44. The molecule has 0 atom stereocenters. The third-order valence-electron chi connectivity index (χ3n) is 6.72. The largest absolute Gasteiger partial charge is 0.304 e. The zero-order valence-electron chi connectivity index (χ0n) is 26.4. The molecule has 0 aliphatic carbocycles. The molecule has 0 fully saturated rings. The number of aryl methyl sites for hydroxylation is 1. The molecular weight excluding hydrogens is 701 g/mol. The van der Waals surface area contributed by atoms with Crippen LogP contribution in [0.1, 0.15) is 35.0 Å². The van der Waals surface area contributed by atoms with Gasteiger partial charge in [0.25, 0.3) is 0 Å². The molecule has 0 N–H and O–H groups in total. The topological polar surface area (TPSA) is 25.8 Å². The second-order valence-corrected chi connectivity index (χ2v) is 17.0. The molecule has 40 heavy (non-hydrogen) atoms. The second kappa shape index (κ2) is 12.7. The zero-order valence-corrected chi connectivity index (χ0v) is 27.6. The standard InChI is InChI=1S/C21H20NSSi.C14H14N.Ir/c1-14-11-12-18(22-13-14)17-9-5-7-15-16-8-6-10-19(24(2,3)4)21(16)23-20(15)17;1-11(2)13-8-9-14(15-10-13)12-6-4-3-5-7-12;/h5-8,10-13H,1-4H3;3-6,8-11H,1-2H3;/q2*-1;/i1D3;;. The summed E-state index contributed by atoms with van der Waals surface area (Å²) in [6, 6.07) is 32.7. The Morgan fingerprint density at radius 2 is 1.55 bits per heavy atom. The van der Waals surface area contributed by atoms with Gasteiger partial charge in [-0.25, -0.2) is 0 Å². The number of nitrogens with zero attached hydrogens (tertiary/aromatic N) is 2. The average Bonchev–Trinajstić information content (AvgIpc) is 3.36. The van der Waals surface area contributed by atoms with Gasteiger partial charge in [0, 0.05) is 41.3 Å². The molecule has 0 amide bonds. The van der Waals surface area contributed by atoms with Crippen LogP contribution in [0.2, 0.25) is 19.6 Å². The summed E-state index contributed by atoms with van der Waals surface area (Å²) < 4.78 is 25.1. The van der Waals surface area contributed by atoms with Crippen LogP contribution in [0.5, 0.6) is 0 Å². The molecule has 0 saturated heterocycles. The Morgan fingerprint density at radius 1 is 0.775 bits per heavy atom. The average molecular weight is 738 g/mol. The number of rotatable bonds is 4. The third kappa shape index (κ3) is 6.50. The molecule has 6 aromatic rings. The summed E-state index contributed by atoms with van der Waals surface area (Å²) in [5, 5.41) is 3.97. The summed E-state index contributed by atoms with van der Waals surface area (Å²) in [6.45, 7) is 9.32. The van der Waals surface area contributed by atoms with Crippen molar-refractivity contribution in [3.8, 4) is 22.5 Å². The Labute approximate surface area is 261 Å². The van der Waals surface area contributed by atoms with E-state index in [1.54, 1.807) is 23.5 Å². The predicted molar refractivity (Wildman–Crippen MR) is 172 cm³/mol. The van der Waals surface area contributed by atoms with E-state index < -0.39 is 14.9 Å². The Balaban J connectivity index is 0.000000225. The number of thiophene rings is 1. The third-order valence-corrected chi connectivity index (χ3v) is 10.2. The van der Waals surface area contributed by atoms with E-state index in [1.807, 2.05) is 36.5 Å². The van der Waals surface area contributed by atoms with Crippen molar-refractivity contribution in [2.75, 3.05) is 0 Å². The summed E-state index contributed by atoms with van der Waals surface area (Å²) >= 11 is 1.80. The van der Waals surface area contributed by atoms with Crippen molar-refractivity contribution in [3.63, 3.8) is 0 Å². The van der Waals surface area contributed by atoms with E-state index in [-0.39, 0.29) is 25.7 Å². The summed E-state index contributed by atoms with van der Waals surface area (Å²) in [5.41, 5.74) is 5.26. The van der Waals surface area contributed by atoms with E-state index in [9.17, 15) is 0 Å². The van der Waals surface area contributed by atoms with Crippen LogP contribution < -0.4 is 5.19 Å². The van der Waals surface area contributed by atoms with Crippen LogP contribution >= 0.6 is 11.3 Å². The maximum atomic E-state index is 7.53. The Kier molecular flexibility index (Phi) is 8.25. The van der Waals surface area contributed by atoms with Gasteiger partial charge in [0.15, 0.2) is 0 Å². The van der Waals surface area contributed by atoms with E-state index in [4.69, 9.17) is 4.11 Å². The van der Waals surface area contributed by atoms with Crippen LogP contribution in [-0.4, -0.2) is 18.0 Å². The molecule has 3 aromatic carbocycles. The normalized spacial score (nSPS) is 12.7. The molecule has 205 valence electrons. The minimum absolute atomic E-state index is 0. The van der Waals surface area contributed by atoms with Crippen molar-refractivity contribution < 1.29 is 24.2 Å². The number of hydrogen-bond donors (Lipinski definition) is 0. The van der Waals surface area contributed by atoms with Gasteiger partial charge in [-0.3, -0.25) is 0 Å². The van der Waals surface area contributed by atoms with Crippen LogP contribution in [-0.2, 0) is 20.1 Å². The molecule has 0 saturated carbocycles. The van der Waals surface area contributed by atoms with Crippen molar-refractivity contribution in [2.24, 2.45) is 0 Å². The molecule has 0 unspecified atom stereocenters. The summed E-state index contributed by atoms with van der Waals surface area (Å²) in [4.78, 5) is 8.87. The number of hydrogen-bond acceptors (Lipinski definition) is 3. The van der Waals surface area contributed by atoms with Crippen LogP contribution in [0.3, 0.4) is 0 Å². The first kappa shape index (κ1) is 26.0. The molecule has 0 aliphatic rings. The number of pyridine rings is 2. The summed E-state index contributed by atoms with van der Waals surface area (Å²) in [6.07, 6.45) is 3.40. The first-order valence-corrected chi connectivity index (χ1v) is 17.5. The van der Waals surface area contributed by atoms with E-state index in [0.29, 0.717) is 5.92 Å². The number of aromatic nitrogens is 2. The molecule has 2 nitrogen and oxygen atoms in total. The van der Waals surface area contributed by atoms with E-state index in [2.05, 4.69) is 92.0 Å². The van der Waals surface area contributed by atoms with E-state index >= 15 is 0 Å². The fourth-order valence-corrected chi connectivity index (χ4v) is 8.25. The molecule has 0 spiro atoms. The number of benzene rings is 3. The van der Waals surface area contributed by atoms with Crippen molar-refractivity contribution in [1.29, 1.82) is 0 Å². The summed E-state index contributed by atoms with van der Waals surface area (Å²) in [5.74, 6) is 0.534. The fraction of sp³-hybridized carbons (Fsp3) is 0.200.